The lowest BCUT2D eigenvalue weighted by Crippen LogP contribution is -1.60. The molecular formula is C4H8O3S. The van der Waals surface area contributed by atoms with Crippen LogP contribution in [0.4, 0.5) is 0 Å². The second kappa shape index (κ2) is 16.1. The van der Waals surface area contributed by atoms with Gasteiger partial charge in [-0.1, -0.05) is 18.7 Å². The predicted octanol–water partition coefficient (Wildman–Crippen LogP) is 0.631. The molecule has 0 heterocycles. The van der Waals surface area contributed by atoms with Gasteiger partial charge in [0.05, 0.1) is 0 Å². The molecule has 3 nitrogen and oxygen atoms in total. The first-order valence-corrected chi connectivity index (χ1v) is 3.01. The largest absolute Gasteiger partial charge is 0.483 e. The Labute approximate surface area is 52.1 Å². The van der Waals surface area contributed by atoms with E-state index in [1.54, 1.807) is 0 Å². The minimum atomic E-state index is -0.250. The van der Waals surface area contributed by atoms with Crippen LogP contribution in [0.15, 0.2) is 0 Å². The molecule has 48 valence electrons. The first-order chi connectivity index (χ1) is 3.83. The van der Waals surface area contributed by atoms with Crippen molar-refractivity contribution < 1.29 is 14.7 Å². The molecule has 0 fully saturated rings. The summed E-state index contributed by atoms with van der Waals surface area (Å²) in [6.45, 7) is 1.69. The van der Waals surface area contributed by atoms with E-state index in [1.165, 1.54) is 11.8 Å². The molecule has 0 radical (unpaired) electrons. The van der Waals surface area contributed by atoms with E-state index < -0.39 is 0 Å². The molecule has 0 aromatic rings. The maximum Gasteiger partial charge on any atom is 0.290 e. The van der Waals surface area contributed by atoms with Gasteiger partial charge in [0.25, 0.3) is 6.47 Å². The summed E-state index contributed by atoms with van der Waals surface area (Å²) in [6.07, 6.45) is 0. The first kappa shape index (κ1) is 10.5. The third kappa shape index (κ3) is 49.9. The SMILES string of the molecule is CCSC=O.O=CO. The second-order valence-corrected chi connectivity index (χ2v) is 1.76. The van der Waals surface area contributed by atoms with Crippen LogP contribution in [0.5, 0.6) is 0 Å². The molecule has 0 aromatic heterocycles. The van der Waals surface area contributed by atoms with Crippen molar-refractivity contribution in [2.45, 2.75) is 6.92 Å². The average molecular weight is 136 g/mol. The fourth-order valence-electron chi connectivity index (χ4n) is 0.0680. The van der Waals surface area contributed by atoms with Crippen LogP contribution in [0.25, 0.3) is 0 Å². The molecule has 0 saturated carbocycles. The number of carboxylic acid groups (broad SMARTS) is 1. The van der Waals surface area contributed by atoms with E-state index in [9.17, 15) is 4.79 Å². The molecule has 0 rings (SSSR count). The van der Waals surface area contributed by atoms with E-state index in [4.69, 9.17) is 9.90 Å². The van der Waals surface area contributed by atoms with Gasteiger partial charge >= 0.3 is 0 Å². The average Bonchev–Trinajstić information content (AvgIpc) is 1.71. The molecule has 0 atom stereocenters. The number of rotatable bonds is 2. The standard InChI is InChI=1S/C3H6OS.CH2O2/c1-2-5-3-4;2-1-3/h3H,2H2,1H3;1H,(H,2,3). The van der Waals surface area contributed by atoms with Crippen molar-refractivity contribution in [1.82, 2.24) is 0 Å². The van der Waals surface area contributed by atoms with E-state index in [0.717, 1.165) is 11.4 Å². The molecule has 0 amide bonds. The number of thioether (sulfide) groups is 1. The van der Waals surface area contributed by atoms with Crippen LogP contribution in [0.2, 0.25) is 0 Å². The van der Waals surface area contributed by atoms with Crippen LogP contribution in [0, 0.1) is 0 Å². The van der Waals surface area contributed by atoms with Crippen molar-refractivity contribution in [3.8, 4) is 0 Å². The minimum Gasteiger partial charge on any atom is -0.483 e. The normalized spacial score (nSPS) is 6.12. The summed E-state index contributed by atoms with van der Waals surface area (Å²) in [6, 6.07) is 0. The minimum absolute atomic E-state index is 0.250. The molecule has 0 aromatic carbocycles. The van der Waals surface area contributed by atoms with Gasteiger partial charge in [0.15, 0.2) is 5.62 Å². The zero-order chi connectivity index (χ0) is 6.83. The Kier molecular flexibility index (Phi) is 21.0. The van der Waals surface area contributed by atoms with Crippen LogP contribution >= 0.6 is 11.8 Å². The smallest absolute Gasteiger partial charge is 0.290 e. The van der Waals surface area contributed by atoms with E-state index in [0.29, 0.717) is 0 Å². The zero-order valence-electron chi connectivity index (χ0n) is 4.53. The van der Waals surface area contributed by atoms with Gasteiger partial charge < -0.3 is 5.11 Å². The predicted molar refractivity (Wildman–Crippen MR) is 33.6 cm³/mol. The van der Waals surface area contributed by atoms with Crippen molar-refractivity contribution >= 4 is 23.9 Å². The van der Waals surface area contributed by atoms with Crippen LogP contribution in [0.1, 0.15) is 6.92 Å². The summed E-state index contributed by atoms with van der Waals surface area (Å²) in [4.78, 5) is 17.7. The van der Waals surface area contributed by atoms with Gasteiger partial charge in [-0.2, -0.15) is 0 Å². The molecule has 0 spiro atoms. The highest BCUT2D eigenvalue weighted by Crippen LogP contribution is 1.86. The lowest BCUT2D eigenvalue weighted by atomic mass is 11.0. The second-order valence-electron chi connectivity index (χ2n) is 0.657. The molecule has 0 unspecified atom stereocenters. The van der Waals surface area contributed by atoms with Crippen LogP contribution < -0.4 is 0 Å². The highest BCUT2D eigenvalue weighted by molar-refractivity contribution is 8.11. The third-order valence-corrected chi connectivity index (χ3v) is 0.704. The van der Waals surface area contributed by atoms with Crippen molar-refractivity contribution in [3.05, 3.63) is 0 Å². The van der Waals surface area contributed by atoms with Crippen LogP contribution in [-0.2, 0) is 9.59 Å². The van der Waals surface area contributed by atoms with E-state index >= 15 is 0 Å². The van der Waals surface area contributed by atoms with Gasteiger partial charge in [-0.25, -0.2) is 0 Å². The number of carbonyl (C=O) groups is 2. The Morgan fingerprint density at radius 1 is 1.62 bits per heavy atom. The molecule has 0 bridgehead atoms. The fourth-order valence-corrected chi connectivity index (χ4v) is 0.204. The highest BCUT2D eigenvalue weighted by atomic mass is 32.2. The first-order valence-electron chi connectivity index (χ1n) is 1.96. The Hall–Kier alpha value is -0.510. The topological polar surface area (TPSA) is 54.4 Å². The fraction of sp³-hybridized carbons (Fsp3) is 0.500. The maximum absolute atomic E-state index is 9.37. The summed E-state index contributed by atoms with van der Waals surface area (Å²) in [5.74, 6) is 0.892. The van der Waals surface area contributed by atoms with E-state index in [2.05, 4.69) is 0 Å². The third-order valence-electron chi connectivity index (χ3n) is 0.235. The number of carbonyl (C=O) groups excluding carboxylic acids is 1. The number of hydrogen-bond donors (Lipinski definition) is 1. The molecule has 8 heavy (non-hydrogen) atoms. The lowest BCUT2D eigenvalue weighted by molar-refractivity contribution is -0.122. The highest BCUT2D eigenvalue weighted by Gasteiger charge is 1.66. The quantitative estimate of drug-likeness (QED) is 0.566. The molecule has 0 saturated heterocycles. The molecule has 0 aliphatic heterocycles. The van der Waals surface area contributed by atoms with Gasteiger partial charge in [0, 0.05) is 0 Å². The Balaban J connectivity index is 0. The Bertz CT molecular complexity index is 55.2. The molecule has 1 N–H and O–H groups in total. The summed E-state index contributed by atoms with van der Waals surface area (Å²) in [5.41, 5.74) is 0.847. The van der Waals surface area contributed by atoms with Gasteiger partial charge in [0.2, 0.25) is 0 Å². The van der Waals surface area contributed by atoms with Gasteiger partial charge in [-0.15, -0.1) is 0 Å². The maximum atomic E-state index is 9.37. The lowest BCUT2D eigenvalue weighted by Gasteiger charge is -1.69. The summed E-state index contributed by atoms with van der Waals surface area (Å²) in [7, 11) is 0. The molecule has 0 aliphatic rings. The molecule has 0 aliphatic carbocycles. The van der Waals surface area contributed by atoms with E-state index in [1.807, 2.05) is 6.92 Å². The van der Waals surface area contributed by atoms with Crippen LogP contribution in [0.3, 0.4) is 0 Å². The van der Waals surface area contributed by atoms with Crippen molar-refractivity contribution in [1.29, 1.82) is 0 Å². The Morgan fingerprint density at radius 2 is 2.00 bits per heavy atom. The van der Waals surface area contributed by atoms with Gasteiger partial charge in [-0.05, 0) is 5.75 Å². The monoisotopic (exact) mass is 136 g/mol. The molecular weight excluding hydrogens is 128 g/mol. The summed E-state index contributed by atoms with van der Waals surface area (Å²) < 4.78 is 0. The Morgan fingerprint density at radius 3 is 2.00 bits per heavy atom. The van der Waals surface area contributed by atoms with Gasteiger partial charge in [-0.3, -0.25) is 9.59 Å². The van der Waals surface area contributed by atoms with E-state index in [-0.39, 0.29) is 6.47 Å². The van der Waals surface area contributed by atoms with Crippen LogP contribution in [-0.4, -0.2) is 22.9 Å². The zero-order valence-corrected chi connectivity index (χ0v) is 5.35. The van der Waals surface area contributed by atoms with Crippen molar-refractivity contribution in [2.75, 3.05) is 5.75 Å². The van der Waals surface area contributed by atoms with Crippen molar-refractivity contribution in [3.63, 3.8) is 0 Å². The summed E-state index contributed by atoms with van der Waals surface area (Å²) in [5, 5.41) is 6.89. The van der Waals surface area contributed by atoms with Gasteiger partial charge in [0.1, 0.15) is 0 Å². The molecule has 4 heteroatoms. The van der Waals surface area contributed by atoms with Crippen molar-refractivity contribution in [2.24, 2.45) is 0 Å². The summed E-state index contributed by atoms with van der Waals surface area (Å²) >= 11 is 1.28. The number of hydrogen-bond acceptors (Lipinski definition) is 3.